The third-order valence-corrected chi connectivity index (χ3v) is 8.21. The van der Waals surface area contributed by atoms with Crippen molar-refractivity contribution in [2.24, 2.45) is 5.10 Å². The number of amides is 2. The third kappa shape index (κ3) is 8.45. The Morgan fingerprint density at radius 2 is 1.50 bits per heavy atom. The Morgan fingerprint density at radius 1 is 0.841 bits per heavy atom. The van der Waals surface area contributed by atoms with E-state index in [1.807, 2.05) is 26.8 Å². The lowest BCUT2D eigenvalue weighted by Gasteiger charge is -2.24. The first kappa shape index (κ1) is 31.8. The summed E-state index contributed by atoms with van der Waals surface area (Å²) in [4.78, 5) is 25.3. The molecule has 4 aromatic rings. The molecule has 0 aromatic heterocycles. The van der Waals surface area contributed by atoms with Gasteiger partial charge in [-0.05, 0) is 98.1 Å². The molecule has 0 atom stereocenters. The Bertz CT molecular complexity index is 1730. The van der Waals surface area contributed by atoms with Gasteiger partial charge in [-0.25, -0.2) is 13.8 Å². The molecule has 4 rings (SSSR count). The minimum atomic E-state index is -4.04. The highest BCUT2D eigenvalue weighted by atomic mass is 32.2. The number of nitrogens with zero attached hydrogens (tertiary/aromatic N) is 2. The first-order valence-electron chi connectivity index (χ1n) is 13.7. The molecule has 2 amide bonds. The lowest BCUT2D eigenvalue weighted by molar-refractivity contribution is -0.119. The van der Waals surface area contributed by atoms with Crippen LogP contribution in [-0.4, -0.2) is 46.7 Å². The molecule has 0 aliphatic carbocycles. The number of rotatable bonds is 12. The van der Waals surface area contributed by atoms with Gasteiger partial charge in [-0.3, -0.25) is 13.9 Å². The minimum Gasteiger partial charge on any atom is -0.495 e. The van der Waals surface area contributed by atoms with Gasteiger partial charge in [0.05, 0.1) is 29.6 Å². The maximum Gasteiger partial charge on any atom is 0.264 e. The van der Waals surface area contributed by atoms with E-state index in [4.69, 9.17) is 9.47 Å². The first-order valence-corrected chi connectivity index (χ1v) is 15.1. The van der Waals surface area contributed by atoms with Crippen molar-refractivity contribution in [2.75, 3.05) is 29.9 Å². The fourth-order valence-corrected chi connectivity index (χ4v) is 5.73. The van der Waals surface area contributed by atoms with Crippen LogP contribution in [-0.2, 0) is 19.6 Å². The number of sulfonamides is 1. The minimum absolute atomic E-state index is 0.0816. The summed E-state index contributed by atoms with van der Waals surface area (Å²) in [6, 6.07) is 25.6. The lowest BCUT2D eigenvalue weighted by atomic mass is 10.1. The summed E-state index contributed by atoms with van der Waals surface area (Å²) < 4.78 is 39.1. The fraction of sp³-hybridized carbons (Fsp3) is 0.182. The molecule has 11 heteroatoms. The molecule has 2 N–H and O–H groups in total. The highest BCUT2D eigenvalue weighted by Gasteiger charge is 2.27. The Hall–Kier alpha value is -5.16. The Kier molecular flexibility index (Phi) is 10.4. The van der Waals surface area contributed by atoms with Crippen LogP contribution in [0.5, 0.6) is 11.5 Å². The van der Waals surface area contributed by atoms with Crippen molar-refractivity contribution in [2.45, 2.75) is 25.7 Å². The Balaban J connectivity index is 1.37. The number of hydrazone groups is 1. The maximum atomic E-state index is 13.6. The van der Waals surface area contributed by atoms with Crippen LogP contribution in [0.4, 0.5) is 11.4 Å². The molecule has 0 saturated heterocycles. The molecule has 0 saturated carbocycles. The zero-order valence-electron chi connectivity index (χ0n) is 24.9. The van der Waals surface area contributed by atoms with Crippen molar-refractivity contribution in [1.29, 1.82) is 0 Å². The number of carbonyl (C=O) groups excluding carboxylic acids is 2. The summed E-state index contributed by atoms with van der Waals surface area (Å²) in [6.45, 7) is 4.92. The van der Waals surface area contributed by atoms with Gasteiger partial charge in [-0.2, -0.15) is 5.10 Å². The van der Waals surface area contributed by atoms with Crippen molar-refractivity contribution in [3.63, 3.8) is 0 Å². The number of hydrogen-bond acceptors (Lipinski definition) is 7. The van der Waals surface area contributed by atoms with Gasteiger partial charge in [0.1, 0.15) is 18.0 Å². The molecule has 0 bridgehead atoms. The molecule has 0 aliphatic heterocycles. The topological polar surface area (TPSA) is 126 Å². The van der Waals surface area contributed by atoms with Crippen LogP contribution in [0.1, 0.15) is 22.3 Å². The van der Waals surface area contributed by atoms with Crippen LogP contribution >= 0.6 is 0 Å². The highest BCUT2D eigenvalue weighted by Crippen LogP contribution is 2.26. The number of methoxy groups -OCH3 is 1. The molecule has 0 heterocycles. The molecular weight excluding hydrogens is 580 g/mol. The smallest absolute Gasteiger partial charge is 0.264 e. The van der Waals surface area contributed by atoms with Crippen molar-refractivity contribution in [3.8, 4) is 11.5 Å². The van der Waals surface area contributed by atoms with E-state index in [-0.39, 0.29) is 17.4 Å². The molecule has 4 aromatic carbocycles. The van der Waals surface area contributed by atoms with Gasteiger partial charge in [0, 0.05) is 0 Å². The van der Waals surface area contributed by atoms with E-state index in [9.17, 15) is 18.0 Å². The number of aryl methyl sites for hydroxylation is 3. The lowest BCUT2D eigenvalue weighted by Crippen LogP contribution is -2.39. The second-order valence-electron chi connectivity index (χ2n) is 10.1. The van der Waals surface area contributed by atoms with Gasteiger partial charge in [0.25, 0.3) is 21.8 Å². The first-order chi connectivity index (χ1) is 21.0. The molecular formula is C33H34N4O6S. The van der Waals surface area contributed by atoms with E-state index in [0.717, 1.165) is 21.0 Å². The van der Waals surface area contributed by atoms with E-state index >= 15 is 0 Å². The summed E-state index contributed by atoms with van der Waals surface area (Å²) >= 11 is 0. The van der Waals surface area contributed by atoms with E-state index in [2.05, 4.69) is 15.8 Å². The normalized spacial score (nSPS) is 11.2. The predicted octanol–water partition coefficient (Wildman–Crippen LogP) is 4.98. The van der Waals surface area contributed by atoms with Gasteiger partial charge in [0.2, 0.25) is 0 Å². The van der Waals surface area contributed by atoms with Crippen molar-refractivity contribution < 1.29 is 27.5 Å². The summed E-state index contributed by atoms with van der Waals surface area (Å²) in [5, 5.41) is 6.73. The van der Waals surface area contributed by atoms with Gasteiger partial charge < -0.3 is 14.8 Å². The molecule has 44 heavy (non-hydrogen) atoms. The van der Waals surface area contributed by atoms with E-state index < -0.39 is 22.5 Å². The number of carbonyl (C=O) groups is 2. The summed E-state index contributed by atoms with van der Waals surface area (Å²) in [7, 11) is -2.52. The van der Waals surface area contributed by atoms with E-state index in [1.54, 1.807) is 72.8 Å². The Labute approximate surface area is 257 Å². The molecule has 0 unspecified atom stereocenters. The Morgan fingerprint density at radius 3 is 2.16 bits per heavy atom. The molecule has 0 radical (unpaired) electrons. The van der Waals surface area contributed by atoms with Gasteiger partial charge in [-0.15, -0.1) is 0 Å². The standard InChI is InChI=1S/C33H34N4O6S/c1-23-9-15-29(16-10-23)44(40,41)37(27-18-24(2)17-25(3)19-27)21-32(38)36-34-20-26-11-13-28(14-12-26)43-22-33(39)35-30-7-5-6-8-31(30)42-4/h5-20H,21-22H2,1-4H3,(H,35,39)(H,36,38)/b34-20-. The zero-order valence-corrected chi connectivity index (χ0v) is 25.7. The number of benzene rings is 4. The second kappa shape index (κ2) is 14.3. The molecule has 10 nitrogen and oxygen atoms in total. The fourth-order valence-electron chi connectivity index (χ4n) is 4.32. The second-order valence-corrected chi connectivity index (χ2v) is 11.9. The number of hydrogen-bond donors (Lipinski definition) is 2. The van der Waals surface area contributed by atoms with Gasteiger partial charge in [0.15, 0.2) is 6.61 Å². The summed E-state index contributed by atoms with van der Waals surface area (Å²) in [6.07, 6.45) is 1.42. The molecule has 0 spiro atoms. The number of para-hydroxylation sites is 2. The monoisotopic (exact) mass is 614 g/mol. The SMILES string of the molecule is COc1ccccc1NC(=O)COc1ccc(/C=N\NC(=O)CN(c2cc(C)cc(C)c2)S(=O)(=O)c2ccc(C)cc2)cc1. The van der Waals surface area contributed by atoms with Gasteiger partial charge >= 0.3 is 0 Å². The quantitative estimate of drug-likeness (QED) is 0.171. The highest BCUT2D eigenvalue weighted by molar-refractivity contribution is 7.92. The van der Waals surface area contributed by atoms with Crippen LogP contribution < -0.4 is 24.5 Å². The van der Waals surface area contributed by atoms with Crippen LogP contribution in [0, 0.1) is 20.8 Å². The zero-order chi connectivity index (χ0) is 31.7. The maximum absolute atomic E-state index is 13.6. The van der Waals surface area contributed by atoms with Crippen LogP contribution in [0.25, 0.3) is 0 Å². The largest absolute Gasteiger partial charge is 0.495 e. The molecule has 0 fully saturated rings. The predicted molar refractivity (Wildman–Crippen MR) is 171 cm³/mol. The van der Waals surface area contributed by atoms with Gasteiger partial charge in [-0.1, -0.05) is 35.9 Å². The molecule has 0 aliphatic rings. The van der Waals surface area contributed by atoms with E-state index in [1.165, 1.54) is 25.5 Å². The van der Waals surface area contributed by atoms with Crippen LogP contribution in [0.3, 0.4) is 0 Å². The van der Waals surface area contributed by atoms with Crippen LogP contribution in [0.15, 0.2) is 101 Å². The average Bonchev–Trinajstić information content (AvgIpc) is 2.99. The van der Waals surface area contributed by atoms with Crippen molar-refractivity contribution >= 4 is 39.4 Å². The summed E-state index contributed by atoms with van der Waals surface area (Å²) in [5.41, 5.74) is 6.64. The van der Waals surface area contributed by atoms with Crippen LogP contribution in [0.2, 0.25) is 0 Å². The van der Waals surface area contributed by atoms with E-state index in [0.29, 0.717) is 28.4 Å². The molecule has 228 valence electrons. The van der Waals surface area contributed by atoms with Crippen molar-refractivity contribution in [1.82, 2.24) is 5.43 Å². The van der Waals surface area contributed by atoms with Crippen molar-refractivity contribution in [3.05, 3.63) is 113 Å². The summed E-state index contributed by atoms with van der Waals surface area (Å²) in [5.74, 6) is 0.0495. The number of nitrogens with one attached hydrogen (secondary N) is 2. The number of ether oxygens (including phenoxy) is 2. The third-order valence-electron chi connectivity index (χ3n) is 6.42. The number of anilines is 2. The average molecular weight is 615 g/mol.